The molecule has 0 spiro atoms. The van der Waals surface area contributed by atoms with Crippen LogP contribution in [0.3, 0.4) is 0 Å². The number of aromatic amines is 1. The third-order valence-electron chi connectivity index (χ3n) is 4.13. The topological polar surface area (TPSA) is 70.9 Å². The van der Waals surface area contributed by atoms with Crippen LogP contribution >= 0.6 is 12.4 Å². The summed E-state index contributed by atoms with van der Waals surface area (Å²) >= 11 is 0. The minimum absolute atomic E-state index is 0. The molecule has 0 aliphatic carbocycles. The van der Waals surface area contributed by atoms with E-state index in [2.05, 4.69) is 36.8 Å². The first-order chi connectivity index (χ1) is 9.34. The van der Waals surface area contributed by atoms with Crippen molar-refractivity contribution in [1.82, 2.24) is 29.9 Å². The average molecular weight is 293 g/mol. The Hall–Kier alpha value is -1.66. The number of hydrogen-bond donors (Lipinski definition) is 2. The van der Waals surface area contributed by atoms with Crippen LogP contribution in [0.25, 0.3) is 16.8 Å². The molecule has 3 aromatic rings. The number of aromatic nitrogens is 5. The summed E-state index contributed by atoms with van der Waals surface area (Å²) < 4.78 is 2.13. The van der Waals surface area contributed by atoms with Crippen LogP contribution in [0, 0.1) is 5.92 Å². The lowest BCUT2D eigenvalue weighted by atomic mass is 9.87. The van der Waals surface area contributed by atoms with Crippen molar-refractivity contribution in [2.24, 2.45) is 5.92 Å². The van der Waals surface area contributed by atoms with Gasteiger partial charge >= 0.3 is 0 Å². The molecule has 1 fully saturated rings. The van der Waals surface area contributed by atoms with Gasteiger partial charge in [-0.15, -0.1) is 22.6 Å². The fourth-order valence-electron chi connectivity index (χ4n) is 2.97. The summed E-state index contributed by atoms with van der Waals surface area (Å²) in [6.45, 7) is 4.35. The van der Waals surface area contributed by atoms with Crippen molar-refractivity contribution in [3.8, 4) is 0 Å². The van der Waals surface area contributed by atoms with E-state index < -0.39 is 0 Å². The molecule has 0 radical (unpaired) electrons. The Bertz CT molecular complexity index is 733. The molecule has 6 nitrogen and oxygen atoms in total. The number of nitrogens with zero attached hydrogens (tertiary/aromatic N) is 4. The van der Waals surface area contributed by atoms with Crippen LogP contribution < -0.4 is 5.32 Å². The van der Waals surface area contributed by atoms with E-state index in [0.29, 0.717) is 11.8 Å². The predicted octanol–water partition coefficient (Wildman–Crippen LogP) is 1.74. The maximum Gasteiger partial charge on any atom is 0.179 e. The quantitative estimate of drug-likeness (QED) is 0.717. The van der Waals surface area contributed by atoms with E-state index >= 15 is 0 Å². The summed E-state index contributed by atoms with van der Waals surface area (Å²) in [4.78, 5) is 7.49. The van der Waals surface area contributed by atoms with Crippen molar-refractivity contribution < 1.29 is 0 Å². The van der Waals surface area contributed by atoms with E-state index in [9.17, 15) is 0 Å². The van der Waals surface area contributed by atoms with Crippen molar-refractivity contribution in [2.75, 3.05) is 13.1 Å². The van der Waals surface area contributed by atoms with Crippen molar-refractivity contribution >= 4 is 29.2 Å². The molecule has 2 atom stereocenters. The van der Waals surface area contributed by atoms with Crippen LogP contribution in [0.15, 0.2) is 18.5 Å². The molecule has 7 heteroatoms. The van der Waals surface area contributed by atoms with Crippen LogP contribution in [0.4, 0.5) is 0 Å². The van der Waals surface area contributed by atoms with E-state index in [1.807, 2.05) is 12.3 Å². The Morgan fingerprint density at radius 3 is 3.10 bits per heavy atom. The van der Waals surface area contributed by atoms with Gasteiger partial charge in [-0.1, -0.05) is 6.92 Å². The fraction of sp³-hybridized carbons (Fsp3) is 0.462. The average Bonchev–Trinajstić information content (AvgIpc) is 3.04. The Morgan fingerprint density at radius 2 is 2.25 bits per heavy atom. The zero-order chi connectivity index (χ0) is 12.8. The molecular weight excluding hydrogens is 276 g/mol. The van der Waals surface area contributed by atoms with Gasteiger partial charge in [-0.25, -0.2) is 4.98 Å². The molecule has 0 aromatic carbocycles. The van der Waals surface area contributed by atoms with E-state index in [-0.39, 0.29) is 12.4 Å². The van der Waals surface area contributed by atoms with Crippen LogP contribution in [0.2, 0.25) is 0 Å². The van der Waals surface area contributed by atoms with Gasteiger partial charge in [0.25, 0.3) is 0 Å². The normalized spacial score (nSPS) is 23.1. The van der Waals surface area contributed by atoms with Gasteiger partial charge in [0.15, 0.2) is 11.3 Å². The molecule has 20 heavy (non-hydrogen) atoms. The maximum atomic E-state index is 4.42. The molecule has 0 amide bonds. The van der Waals surface area contributed by atoms with Gasteiger partial charge in [0, 0.05) is 18.7 Å². The minimum Gasteiger partial charge on any atom is -0.345 e. The maximum absolute atomic E-state index is 4.42. The molecule has 0 saturated carbocycles. The van der Waals surface area contributed by atoms with Crippen LogP contribution in [-0.4, -0.2) is 37.7 Å². The lowest BCUT2D eigenvalue weighted by molar-refractivity contribution is 0.336. The van der Waals surface area contributed by atoms with Crippen molar-refractivity contribution in [3.63, 3.8) is 0 Å². The summed E-state index contributed by atoms with van der Waals surface area (Å²) in [7, 11) is 0. The van der Waals surface area contributed by atoms with Gasteiger partial charge in [-0.3, -0.25) is 4.40 Å². The molecule has 1 aliphatic heterocycles. The minimum atomic E-state index is 0. The number of H-pyrrole nitrogens is 1. The molecule has 4 heterocycles. The molecule has 0 bridgehead atoms. The summed E-state index contributed by atoms with van der Waals surface area (Å²) in [6, 6.07) is 2.03. The second-order valence-corrected chi connectivity index (χ2v) is 5.30. The molecule has 4 rings (SSSR count). The van der Waals surface area contributed by atoms with Gasteiger partial charge in [-0.05, 0) is 24.9 Å². The first-order valence-electron chi connectivity index (χ1n) is 6.72. The SMILES string of the molecule is CC1CCNCC1c1nnc2cnc3[nH]ccc3n12.Cl. The largest absolute Gasteiger partial charge is 0.345 e. The molecular formula is C13H17ClN6. The first-order valence-corrected chi connectivity index (χ1v) is 6.72. The van der Waals surface area contributed by atoms with E-state index in [1.165, 1.54) is 6.42 Å². The highest BCUT2D eigenvalue weighted by atomic mass is 35.5. The molecule has 3 aromatic heterocycles. The lowest BCUT2D eigenvalue weighted by Crippen LogP contribution is -2.34. The summed E-state index contributed by atoms with van der Waals surface area (Å²) in [5.41, 5.74) is 2.75. The highest BCUT2D eigenvalue weighted by molar-refractivity contribution is 5.85. The summed E-state index contributed by atoms with van der Waals surface area (Å²) in [5.74, 6) is 2.07. The van der Waals surface area contributed by atoms with E-state index in [1.54, 1.807) is 6.20 Å². The molecule has 1 aliphatic rings. The lowest BCUT2D eigenvalue weighted by Gasteiger charge is -2.28. The first kappa shape index (κ1) is 13.3. The number of nitrogens with one attached hydrogen (secondary N) is 2. The molecule has 2 N–H and O–H groups in total. The number of piperidine rings is 1. The summed E-state index contributed by atoms with van der Waals surface area (Å²) in [5, 5.41) is 12.1. The third-order valence-corrected chi connectivity index (χ3v) is 4.13. The standard InChI is InChI=1S/C13H16N6.ClH/c1-8-2-4-14-6-9(8)13-18-17-11-7-16-12-10(19(11)13)3-5-15-12;/h3,5,7-9,14-15H,2,4,6H2,1H3;1H. The second-order valence-electron chi connectivity index (χ2n) is 5.30. The highest BCUT2D eigenvalue weighted by Gasteiger charge is 2.27. The highest BCUT2D eigenvalue weighted by Crippen LogP contribution is 2.29. The molecule has 2 unspecified atom stereocenters. The van der Waals surface area contributed by atoms with Gasteiger partial charge in [0.2, 0.25) is 0 Å². The van der Waals surface area contributed by atoms with Gasteiger partial charge in [-0.2, -0.15) is 0 Å². The van der Waals surface area contributed by atoms with Crippen LogP contribution in [0.1, 0.15) is 25.1 Å². The number of hydrogen-bond acceptors (Lipinski definition) is 4. The smallest absolute Gasteiger partial charge is 0.179 e. The zero-order valence-corrected chi connectivity index (χ0v) is 12.0. The number of rotatable bonds is 1. The van der Waals surface area contributed by atoms with Gasteiger partial charge < -0.3 is 10.3 Å². The van der Waals surface area contributed by atoms with Gasteiger partial charge in [0.1, 0.15) is 5.82 Å². The van der Waals surface area contributed by atoms with E-state index in [0.717, 1.165) is 35.7 Å². The summed E-state index contributed by atoms with van der Waals surface area (Å²) in [6.07, 6.45) is 4.86. The van der Waals surface area contributed by atoms with Crippen molar-refractivity contribution in [3.05, 3.63) is 24.3 Å². The van der Waals surface area contributed by atoms with Crippen molar-refractivity contribution in [2.45, 2.75) is 19.3 Å². The Morgan fingerprint density at radius 1 is 1.35 bits per heavy atom. The second kappa shape index (κ2) is 5.03. The van der Waals surface area contributed by atoms with Crippen molar-refractivity contribution in [1.29, 1.82) is 0 Å². The number of halogens is 1. The number of fused-ring (bicyclic) bond motifs is 3. The Balaban J connectivity index is 0.00000121. The van der Waals surface area contributed by atoms with Crippen LogP contribution in [0.5, 0.6) is 0 Å². The van der Waals surface area contributed by atoms with Crippen LogP contribution in [-0.2, 0) is 0 Å². The molecule has 106 valence electrons. The Kier molecular flexibility index (Phi) is 3.35. The fourth-order valence-corrected chi connectivity index (χ4v) is 2.97. The monoisotopic (exact) mass is 292 g/mol. The zero-order valence-electron chi connectivity index (χ0n) is 11.2. The van der Waals surface area contributed by atoms with E-state index in [4.69, 9.17) is 0 Å². The Labute approximate surface area is 122 Å². The molecule has 1 saturated heterocycles. The third kappa shape index (κ3) is 1.87. The predicted molar refractivity (Wildman–Crippen MR) is 79.3 cm³/mol. The van der Waals surface area contributed by atoms with Gasteiger partial charge in [0.05, 0.1) is 11.7 Å².